The molecule has 8 heteroatoms. The van der Waals surface area contributed by atoms with E-state index < -0.39 is 0 Å². The summed E-state index contributed by atoms with van der Waals surface area (Å²) in [6.45, 7) is 3.71. The number of thiocarbonyl (C=S) groups is 1. The number of fused-ring (bicyclic) bond motifs is 1. The third kappa shape index (κ3) is 3.42. The summed E-state index contributed by atoms with van der Waals surface area (Å²) in [7, 11) is 1.59. The van der Waals surface area contributed by atoms with Gasteiger partial charge in [-0.1, -0.05) is 54.3 Å². The van der Waals surface area contributed by atoms with Crippen molar-refractivity contribution < 1.29 is 14.4 Å². The normalized spacial score (nSPS) is 18.3. The molecular weight excluding hydrogens is 418 g/mol. The second-order valence-electron chi connectivity index (χ2n) is 7.21. The van der Waals surface area contributed by atoms with E-state index in [0.29, 0.717) is 31.7 Å². The topological polar surface area (TPSA) is 69.7 Å². The smallest absolute Gasteiger partial charge is 0.266 e. The molecule has 2 heterocycles. The number of nitrogens with zero attached hydrogens (tertiary/aromatic N) is 2. The molecular formula is C22H19N3O3S2. The second-order valence-corrected chi connectivity index (χ2v) is 8.86. The Labute approximate surface area is 183 Å². The number of likely N-dealkylation sites (N-methyl/N-ethyl adjacent to an activating group) is 1. The van der Waals surface area contributed by atoms with Gasteiger partial charge in [-0.25, -0.2) is 0 Å². The highest BCUT2D eigenvalue weighted by Gasteiger charge is 2.41. The fourth-order valence-electron chi connectivity index (χ4n) is 3.45. The van der Waals surface area contributed by atoms with Crippen LogP contribution in [0.3, 0.4) is 0 Å². The highest BCUT2D eigenvalue weighted by Crippen LogP contribution is 2.44. The highest BCUT2D eigenvalue weighted by molar-refractivity contribution is 8.26. The van der Waals surface area contributed by atoms with Crippen molar-refractivity contribution in [1.82, 2.24) is 4.90 Å². The zero-order chi connectivity index (χ0) is 21.6. The Kier molecular flexibility index (Phi) is 5.21. The first-order chi connectivity index (χ1) is 14.3. The Morgan fingerprint density at radius 3 is 2.53 bits per heavy atom. The average molecular weight is 438 g/mol. The van der Waals surface area contributed by atoms with Gasteiger partial charge in [0.05, 0.1) is 16.2 Å². The molecule has 0 unspecified atom stereocenters. The number of benzene rings is 2. The Morgan fingerprint density at radius 2 is 1.83 bits per heavy atom. The van der Waals surface area contributed by atoms with E-state index in [9.17, 15) is 14.4 Å². The van der Waals surface area contributed by atoms with E-state index >= 15 is 0 Å². The summed E-state index contributed by atoms with van der Waals surface area (Å²) in [6.07, 6.45) is 0. The molecule has 0 radical (unpaired) electrons. The molecule has 2 aliphatic heterocycles. The van der Waals surface area contributed by atoms with Gasteiger partial charge in [0.1, 0.15) is 10.9 Å². The maximum Gasteiger partial charge on any atom is 0.266 e. The van der Waals surface area contributed by atoms with Crippen LogP contribution in [0, 0.1) is 13.8 Å². The van der Waals surface area contributed by atoms with Crippen LogP contribution >= 0.6 is 24.0 Å². The molecule has 0 aromatic heterocycles. The number of nitrogens with one attached hydrogen (secondary N) is 1. The summed E-state index contributed by atoms with van der Waals surface area (Å²) in [4.78, 5) is 41.7. The summed E-state index contributed by atoms with van der Waals surface area (Å²) in [5, 5.41) is 2.89. The molecule has 1 N–H and O–H groups in total. The number of carbonyl (C=O) groups excluding carboxylic acids is 3. The first-order valence-corrected chi connectivity index (χ1v) is 10.5. The minimum Gasteiger partial charge on any atom is -0.324 e. The standard InChI is InChI=1S/C22H19N3O3S2/c1-12-8-9-13(2)15(10-12)23-17(26)11-25-16-7-5-4-6-14(16)18(20(25)27)19-21(28)24(3)22(29)30-19/h4-10H,11H2,1-3H3,(H,23,26). The molecule has 152 valence electrons. The predicted octanol–water partition coefficient (Wildman–Crippen LogP) is 3.49. The highest BCUT2D eigenvalue weighted by atomic mass is 32.2. The lowest BCUT2D eigenvalue weighted by molar-refractivity contribution is -0.121. The van der Waals surface area contributed by atoms with E-state index in [4.69, 9.17) is 12.2 Å². The molecule has 6 nitrogen and oxygen atoms in total. The number of rotatable bonds is 3. The van der Waals surface area contributed by atoms with Gasteiger partial charge in [-0.05, 0) is 37.1 Å². The number of hydrogen-bond acceptors (Lipinski definition) is 5. The SMILES string of the molecule is Cc1ccc(C)c(NC(=O)CN2C(=O)C(=C3SC(=S)N(C)C3=O)c3ccccc32)c1. The van der Waals surface area contributed by atoms with Gasteiger partial charge in [0, 0.05) is 18.3 Å². The zero-order valence-electron chi connectivity index (χ0n) is 16.7. The molecule has 0 aliphatic carbocycles. The van der Waals surface area contributed by atoms with Crippen molar-refractivity contribution in [3.63, 3.8) is 0 Å². The van der Waals surface area contributed by atoms with Gasteiger partial charge in [0.25, 0.3) is 11.8 Å². The first-order valence-electron chi connectivity index (χ1n) is 9.30. The second kappa shape index (κ2) is 7.70. The molecule has 0 saturated carbocycles. The van der Waals surface area contributed by atoms with E-state index in [0.717, 1.165) is 22.9 Å². The van der Waals surface area contributed by atoms with Crippen LogP contribution in [0.2, 0.25) is 0 Å². The molecule has 1 fully saturated rings. The lowest BCUT2D eigenvalue weighted by Gasteiger charge is -2.17. The van der Waals surface area contributed by atoms with E-state index in [2.05, 4.69) is 5.32 Å². The number of amides is 3. The van der Waals surface area contributed by atoms with Crippen LogP contribution in [0.25, 0.3) is 5.57 Å². The Morgan fingerprint density at radius 1 is 1.10 bits per heavy atom. The number of anilines is 2. The van der Waals surface area contributed by atoms with Crippen LogP contribution in [0.1, 0.15) is 16.7 Å². The molecule has 2 aliphatic rings. The molecule has 0 spiro atoms. The fourth-order valence-corrected chi connectivity index (χ4v) is 4.70. The van der Waals surface area contributed by atoms with Crippen LogP contribution in [-0.4, -0.2) is 40.5 Å². The van der Waals surface area contributed by atoms with E-state index in [-0.39, 0.29) is 24.3 Å². The quantitative estimate of drug-likeness (QED) is 0.588. The van der Waals surface area contributed by atoms with Gasteiger partial charge < -0.3 is 5.32 Å². The van der Waals surface area contributed by atoms with Crippen LogP contribution in [-0.2, 0) is 14.4 Å². The van der Waals surface area contributed by atoms with Crippen molar-refractivity contribution in [2.24, 2.45) is 0 Å². The lowest BCUT2D eigenvalue weighted by atomic mass is 10.1. The van der Waals surface area contributed by atoms with Crippen molar-refractivity contribution >= 4 is 63.0 Å². The Balaban J connectivity index is 1.66. The molecule has 3 amide bonds. The van der Waals surface area contributed by atoms with Gasteiger partial charge >= 0.3 is 0 Å². The van der Waals surface area contributed by atoms with E-state index in [1.54, 1.807) is 31.3 Å². The molecule has 0 atom stereocenters. The Hall–Kier alpha value is -2.97. The largest absolute Gasteiger partial charge is 0.324 e. The van der Waals surface area contributed by atoms with Gasteiger partial charge in [-0.3, -0.25) is 24.2 Å². The molecule has 30 heavy (non-hydrogen) atoms. The van der Waals surface area contributed by atoms with Crippen molar-refractivity contribution in [3.8, 4) is 0 Å². The zero-order valence-corrected chi connectivity index (χ0v) is 18.3. The van der Waals surface area contributed by atoms with Crippen molar-refractivity contribution in [2.75, 3.05) is 23.8 Å². The van der Waals surface area contributed by atoms with E-state index in [1.165, 1.54) is 9.80 Å². The van der Waals surface area contributed by atoms with Crippen molar-refractivity contribution in [3.05, 3.63) is 64.1 Å². The predicted molar refractivity (Wildman–Crippen MR) is 123 cm³/mol. The summed E-state index contributed by atoms with van der Waals surface area (Å²) >= 11 is 6.32. The number of hydrogen-bond donors (Lipinski definition) is 1. The van der Waals surface area contributed by atoms with Gasteiger partial charge in [0.15, 0.2) is 0 Å². The van der Waals surface area contributed by atoms with Crippen molar-refractivity contribution in [1.29, 1.82) is 0 Å². The van der Waals surface area contributed by atoms with Gasteiger partial charge in [-0.15, -0.1) is 0 Å². The summed E-state index contributed by atoms with van der Waals surface area (Å²) in [6, 6.07) is 13.0. The minimum absolute atomic E-state index is 0.154. The lowest BCUT2D eigenvalue weighted by Crippen LogP contribution is -2.35. The summed E-state index contributed by atoms with van der Waals surface area (Å²) < 4.78 is 0.402. The van der Waals surface area contributed by atoms with E-state index in [1.807, 2.05) is 32.0 Å². The number of para-hydroxylation sites is 1. The molecule has 2 aromatic carbocycles. The van der Waals surface area contributed by atoms with Crippen LogP contribution in [0.5, 0.6) is 0 Å². The van der Waals surface area contributed by atoms with Crippen molar-refractivity contribution in [2.45, 2.75) is 13.8 Å². The fraction of sp³-hybridized carbons (Fsp3) is 0.182. The maximum absolute atomic E-state index is 13.3. The summed E-state index contributed by atoms with van der Waals surface area (Å²) in [5.41, 5.74) is 4.22. The molecule has 1 saturated heterocycles. The number of thioether (sulfide) groups is 1. The monoisotopic (exact) mass is 437 g/mol. The first kappa shape index (κ1) is 20.3. The van der Waals surface area contributed by atoms with Gasteiger partial charge in [-0.2, -0.15) is 0 Å². The van der Waals surface area contributed by atoms with Crippen LogP contribution < -0.4 is 10.2 Å². The average Bonchev–Trinajstić information content (AvgIpc) is 3.12. The maximum atomic E-state index is 13.3. The van der Waals surface area contributed by atoms with Gasteiger partial charge in [0.2, 0.25) is 5.91 Å². The summed E-state index contributed by atoms with van der Waals surface area (Å²) in [5.74, 6) is -0.984. The molecule has 0 bridgehead atoms. The third-order valence-corrected chi connectivity index (χ3v) is 6.64. The molecule has 4 rings (SSSR count). The number of aryl methyl sites for hydroxylation is 2. The number of carbonyl (C=O) groups is 3. The minimum atomic E-state index is -0.374. The Bertz CT molecular complexity index is 1160. The van der Waals surface area contributed by atoms with Crippen LogP contribution in [0.4, 0.5) is 11.4 Å². The molecule has 2 aromatic rings. The third-order valence-electron chi connectivity index (χ3n) is 5.08. The van der Waals surface area contributed by atoms with Crippen LogP contribution in [0.15, 0.2) is 47.4 Å².